The second-order valence-corrected chi connectivity index (χ2v) is 7.85. The minimum atomic E-state index is -0.510. The smallest absolute Gasteiger partial charge is 0.240 e. The van der Waals surface area contributed by atoms with Gasteiger partial charge >= 0.3 is 0 Å². The first-order chi connectivity index (χ1) is 12.6. The van der Waals surface area contributed by atoms with Crippen molar-refractivity contribution in [1.29, 1.82) is 0 Å². The Labute approximate surface area is 168 Å². The van der Waals surface area contributed by atoms with E-state index in [1.54, 1.807) is 6.21 Å². The van der Waals surface area contributed by atoms with Gasteiger partial charge in [-0.1, -0.05) is 42.1 Å². The van der Waals surface area contributed by atoms with Crippen LogP contribution in [0.2, 0.25) is 0 Å². The molecule has 1 fully saturated rings. The normalized spacial score (nSPS) is 18.3. The highest BCUT2D eigenvalue weighted by Gasteiger charge is 2.32. The maximum atomic E-state index is 12.1. The van der Waals surface area contributed by atoms with Gasteiger partial charge in [-0.2, -0.15) is 5.10 Å². The number of hydrogen-bond acceptors (Lipinski definition) is 5. The highest BCUT2D eigenvalue weighted by molar-refractivity contribution is 14.1. The van der Waals surface area contributed by atoms with Crippen molar-refractivity contribution in [2.45, 2.75) is 11.7 Å². The molecule has 2 N–H and O–H groups in total. The maximum absolute atomic E-state index is 12.1. The van der Waals surface area contributed by atoms with Crippen molar-refractivity contribution in [3.05, 3.63) is 63.7 Å². The van der Waals surface area contributed by atoms with Crippen LogP contribution in [0.25, 0.3) is 0 Å². The number of anilines is 1. The van der Waals surface area contributed by atoms with Gasteiger partial charge in [-0.05, 0) is 52.4 Å². The molecule has 8 heteroatoms. The van der Waals surface area contributed by atoms with E-state index >= 15 is 0 Å². The first kappa shape index (κ1) is 18.6. The van der Waals surface area contributed by atoms with Crippen LogP contribution in [-0.2, 0) is 9.59 Å². The van der Waals surface area contributed by atoms with E-state index in [-0.39, 0.29) is 18.2 Å². The van der Waals surface area contributed by atoms with E-state index in [2.05, 4.69) is 43.4 Å². The molecule has 26 heavy (non-hydrogen) atoms. The third kappa shape index (κ3) is 5.40. The minimum absolute atomic E-state index is 0.0733. The predicted molar refractivity (Wildman–Crippen MR) is 113 cm³/mol. The van der Waals surface area contributed by atoms with E-state index in [4.69, 9.17) is 0 Å². The molecule has 1 heterocycles. The van der Waals surface area contributed by atoms with E-state index in [0.717, 1.165) is 9.13 Å². The van der Waals surface area contributed by atoms with Crippen molar-refractivity contribution < 1.29 is 9.59 Å². The summed E-state index contributed by atoms with van der Waals surface area (Å²) < 4.78 is 1.09. The van der Waals surface area contributed by atoms with Crippen LogP contribution in [0.3, 0.4) is 0 Å². The fourth-order valence-corrected chi connectivity index (χ4v) is 3.47. The van der Waals surface area contributed by atoms with Crippen LogP contribution >= 0.6 is 34.4 Å². The Kier molecular flexibility index (Phi) is 6.40. The van der Waals surface area contributed by atoms with Crippen LogP contribution in [0, 0.1) is 3.57 Å². The van der Waals surface area contributed by atoms with Crippen LogP contribution in [0.1, 0.15) is 12.0 Å². The average Bonchev–Trinajstić information content (AvgIpc) is 2.97. The highest BCUT2D eigenvalue weighted by atomic mass is 127. The van der Waals surface area contributed by atoms with Crippen molar-refractivity contribution in [3.8, 4) is 0 Å². The number of nitrogens with one attached hydrogen (secondary N) is 2. The molecule has 2 aromatic carbocycles. The average molecular weight is 478 g/mol. The molecule has 0 spiro atoms. The van der Waals surface area contributed by atoms with E-state index in [9.17, 15) is 9.59 Å². The van der Waals surface area contributed by atoms with E-state index < -0.39 is 5.25 Å². The van der Waals surface area contributed by atoms with Crippen LogP contribution < -0.4 is 10.6 Å². The fraction of sp³-hybridized carbons (Fsp3) is 0.111. The molecule has 132 valence electrons. The number of carbonyl (C=O) groups excluding carboxylic acids is 2. The third-order valence-electron chi connectivity index (χ3n) is 3.43. The molecule has 0 aliphatic carbocycles. The van der Waals surface area contributed by atoms with Crippen molar-refractivity contribution >= 4 is 63.2 Å². The number of rotatable bonds is 5. The van der Waals surface area contributed by atoms with Crippen molar-refractivity contribution in [2.24, 2.45) is 10.2 Å². The number of thioether (sulfide) groups is 1. The maximum Gasteiger partial charge on any atom is 0.240 e. The molecule has 2 amide bonds. The Balaban J connectivity index is 1.54. The lowest BCUT2D eigenvalue weighted by Crippen LogP contribution is -2.28. The summed E-state index contributed by atoms with van der Waals surface area (Å²) in [6.07, 6.45) is 1.68. The molecule has 0 saturated carbocycles. The van der Waals surface area contributed by atoms with E-state index in [1.165, 1.54) is 11.8 Å². The predicted octanol–water partition coefficient (Wildman–Crippen LogP) is 3.24. The summed E-state index contributed by atoms with van der Waals surface area (Å²) >= 11 is 3.40. The molecule has 1 unspecified atom stereocenters. The number of benzene rings is 2. The molecule has 1 atom stereocenters. The number of amides is 2. The van der Waals surface area contributed by atoms with Crippen LogP contribution in [0.5, 0.6) is 0 Å². The SMILES string of the molecule is O=C(CC1S/C(=N/N=C/c2ccccc2)NC1=O)Nc1ccc(I)cc1. The Hall–Kier alpha value is -2.20. The Morgan fingerprint density at radius 2 is 1.92 bits per heavy atom. The quantitative estimate of drug-likeness (QED) is 0.393. The lowest BCUT2D eigenvalue weighted by molar-refractivity contribution is -0.122. The first-order valence-electron chi connectivity index (χ1n) is 7.79. The fourth-order valence-electron chi connectivity index (χ4n) is 2.19. The van der Waals surface area contributed by atoms with Crippen LogP contribution in [0.15, 0.2) is 64.8 Å². The first-order valence-corrected chi connectivity index (χ1v) is 9.75. The van der Waals surface area contributed by atoms with Gasteiger partial charge in [-0.3, -0.25) is 9.59 Å². The van der Waals surface area contributed by atoms with Gasteiger partial charge in [0.15, 0.2) is 5.17 Å². The van der Waals surface area contributed by atoms with Gasteiger partial charge in [0.05, 0.1) is 6.21 Å². The minimum Gasteiger partial charge on any atom is -0.326 e. The third-order valence-corrected chi connectivity index (χ3v) is 5.22. The molecule has 0 bridgehead atoms. The van der Waals surface area contributed by atoms with Gasteiger partial charge in [-0.15, -0.1) is 5.10 Å². The number of hydrogen-bond donors (Lipinski definition) is 2. The molecule has 6 nitrogen and oxygen atoms in total. The Morgan fingerprint density at radius 3 is 2.65 bits per heavy atom. The Morgan fingerprint density at radius 1 is 1.19 bits per heavy atom. The Bertz CT molecular complexity index is 853. The van der Waals surface area contributed by atoms with Crippen LogP contribution in [0.4, 0.5) is 5.69 Å². The summed E-state index contributed by atoms with van der Waals surface area (Å²) in [5, 5.41) is 13.3. The van der Waals surface area contributed by atoms with Gasteiger partial charge in [-0.25, -0.2) is 0 Å². The molecule has 2 aromatic rings. The summed E-state index contributed by atoms with van der Waals surface area (Å²) in [5.41, 5.74) is 1.62. The second kappa shape index (κ2) is 8.95. The molecule has 1 saturated heterocycles. The summed E-state index contributed by atoms with van der Waals surface area (Å²) in [7, 11) is 0. The highest BCUT2D eigenvalue weighted by Crippen LogP contribution is 2.23. The lowest BCUT2D eigenvalue weighted by atomic mass is 10.2. The molecular formula is C18H15IN4O2S. The van der Waals surface area contributed by atoms with Crippen molar-refractivity contribution in [3.63, 3.8) is 0 Å². The standard InChI is InChI=1S/C18H15IN4O2S/c19-13-6-8-14(9-7-13)21-16(24)10-15-17(25)22-18(26-15)23-20-11-12-4-2-1-3-5-12/h1-9,11,15H,10H2,(H,21,24)(H,22,23,25)/b20-11+. The van der Waals surface area contributed by atoms with Gasteiger partial charge in [0.2, 0.25) is 11.8 Å². The molecular weight excluding hydrogens is 463 g/mol. The van der Waals surface area contributed by atoms with Crippen molar-refractivity contribution in [1.82, 2.24) is 5.32 Å². The monoisotopic (exact) mass is 478 g/mol. The number of amidine groups is 1. The van der Waals surface area contributed by atoms with Gasteiger partial charge in [0, 0.05) is 15.7 Å². The molecule has 0 radical (unpaired) electrons. The van der Waals surface area contributed by atoms with Crippen LogP contribution in [-0.4, -0.2) is 28.4 Å². The van der Waals surface area contributed by atoms with Crippen molar-refractivity contribution in [2.75, 3.05) is 5.32 Å². The van der Waals surface area contributed by atoms with Gasteiger partial charge in [0.25, 0.3) is 0 Å². The summed E-state index contributed by atoms with van der Waals surface area (Å²) in [6, 6.07) is 17.0. The van der Waals surface area contributed by atoms with Gasteiger partial charge < -0.3 is 10.6 Å². The van der Waals surface area contributed by atoms with Gasteiger partial charge in [0.1, 0.15) is 5.25 Å². The number of carbonyl (C=O) groups is 2. The summed E-state index contributed by atoms with van der Waals surface area (Å²) in [6.45, 7) is 0. The molecule has 1 aliphatic rings. The molecule has 3 rings (SSSR count). The zero-order chi connectivity index (χ0) is 18.4. The topological polar surface area (TPSA) is 82.9 Å². The molecule has 1 aliphatic heterocycles. The molecule has 0 aromatic heterocycles. The number of nitrogens with zero attached hydrogens (tertiary/aromatic N) is 2. The largest absolute Gasteiger partial charge is 0.326 e. The second-order valence-electron chi connectivity index (χ2n) is 5.42. The number of halogens is 1. The zero-order valence-corrected chi connectivity index (χ0v) is 16.5. The van der Waals surface area contributed by atoms with E-state index in [0.29, 0.717) is 10.9 Å². The van der Waals surface area contributed by atoms with E-state index in [1.807, 2.05) is 54.6 Å². The summed E-state index contributed by atoms with van der Waals surface area (Å²) in [5.74, 6) is -0.450. The zero-order valence-electron chi connectivity index (χ0n) is 13.6. The lowest BCUT2D eigenvalue weighted by Gasteiger charge is -2.07. The summed E-state index contributed by atoms with van der Waals surface area (Å²) in [4.78, 5) is 24.1.